The molecule has 1 amide bonds. The molecule has 5 heteroatoms. The van der Waals surface area contributed by atoms with E-state index in [-0.39, 0.29) is 18.1 Å². The second kappa shape index (κ2) is 5.59. The predicted octanol–water partition coefficient (Wildman–Crippen LogP) is 2.22. The van der Waals surface area contributed by atoms with Crippen molar-refractivity contribution in [2.24, 2.45) is 0 Å². The number of carbonyl (C=O) groups excluding carboxylic acids is 1. The van der Waals surface area contributed by atoms with Crippen molar-refractivity contribution < 1.29 is 9.53 Å². The maximum Gasteiger partial charge on any atom is 0.253 e. The van der Waals surface area contributed by atoms with Gasteiger partial charge in [0.05, 0.1) is 16.7 Å². The molecule has 0 radical (unpaired) electrons. The van der Waals surface area contributed by atoms with Crippen molar-refractivity contribution >= 4 is 23.2 Å². The molecule has 0 atom stereocenters. The fraction of sp³-hybridized carbons (Fsp3) is 0.462. The summed E-state index contributed by atoms with van der Waals surface area (Å²) in [7, 11) is 0. The summed E-state index contributed by atoms with van der Waals surface area (Å²) in [5.74, 6) is -0.174. The number of nitrogens with two attached hydrogens (primary N) is 1. The summed E-state index contributed by atoms with van der Waals surface area (Å²) in [6, 6.07) is 5.08. The number of hydrogen-bond acceptors (Lipinski definition) is 3. The van der Waals surface area contributed by atoms with E-state index >= 15 is 0 Å². The number of anilines is 1. The third-order valence-corrected chi connectivity index (χ3v) is 3.40. The van der Waals surface area contributed by atoms with Gasteiger partial charge in [0.2, 0.25) is 0 Å². The van der Waals surface area contributed by atoms with Gasteiger partial charge in [-0.3, -0.25) is 4.79 Å². The Bertz CT molecular complexity index is 445. The number of benzene rings is 1. The molecule has 0 aromatic heterocycles. The van der Waals surface area contributed by atoms with Gasteiger partial charge in [0, 0.05) is 18.3 Å². The van der Waals surface area contributed by atoms with Crippen molar-refractivity contribution in [2.75, 3.05) is 12.3 Å². The van der Waals surface area contributed by atoms with Crippen LogP contribution in [0.4, 0.5) is 5.69 Å². The van der Waals surface area contributed by atoms with Crippen LogP contribution in [0.5, 0.6) is 0 Å². The molecule has 0 saturated heterocycles. The molecule has 0 spiro atoms. The van der Waals surface area contributed by atoms with Gasteiger partial charge in [-0.25, -0.2) is 0 Å². The summed E-state index contributed by atoms with van der Waals surface area (Å²) in [5.41, 5.74) is 6.61. The fourth-order valence-electron chi connectivity index (χ4n) is 2.04. The van der Waals surface area contributed by atoms with E-state index in [1.54, 1.807) is 18.2 Å². The molecule has 0 heterocycles. The number of carbonyl (C=O) groups is 1. The van der Waals surface area contributed by atoms with Crippen LogP contribution in [-0.2, 0) is 4.74 Å². The smallest absolute Gasteiger partial charge is 0.253 e. The van der Waals surface area contributed by atoms with Gasteiger partial charge in [-0.05, 0) is 38.0 Å². The molecule has 4 nitrogen and oxygen atoms in total. The Kier molecular flexibility index (Phi) is 4.09. The van der Waals surface area contributed by atoms with E-state index in [1.165, 1.54) is 0 Å². The summed E-state index contributed by atoms with van der Waals surface area (Å²) in [4.78, 5) is 12.0. The van der Waals surface area contributed by atoms with E-state index in [4.69, 9.17) is 22.1 Å². The SMILES string of the molecule is CCOC1CC(NC(=O)c2cc(N)ccc2Cl)C1. The first kappa shape index (κ1) is 13.2. The van der Waals surface area contributed by atoms with Gasteiger partial charge >= 0.3 is 0 Å². The zero-order valence-corrected chi connectivity index (χ0v) is 11.0. The Morgan fingerprint density at radius 2 is 2.28 bits per heavy atom. The van der Waals surface area contributed by atoms with E-state index < -0.39 is 0 Å². The highest BCUT2D eigenvalue weighted by atomic mass is 35.5. The number of halogens is 1. The Labute approximate surface area is 111 Å². The Balaban J connectivity index is 1.91. The van der Waals surface area contributed by atoms with E-state index in [0.717, 1.165) is 12.8 Å². The summed E-state index contributed by atoms with van der Waals surface area (Å²) < 4.78 is 5.44. The maximum atomic E-state index is 12.0. The van der Waals surface area contributed by atoms with Gasteiger partial charge in [0.15, 0.2) is 0 Å². The molecule has 1 aromatic rings. The van der Waals surface area contributed by atoms with Crippen molar-refractivity contribution in [2.45, 2.75) is 31.9 Å². The number of nitrogens with one attached hydrogen (secondary N) is 1. The van der Waals surface area contributed by atoms with Crippen LogP contribution in [0.25, 0.3) is 0 Å². The quantitative estimate of drug-likeness (QED) is 0.823. The third-order valence-electron chi connectivity index (χ3n) is 3.07. The highest BCUT2D eigenvalue weighted by molar-refractivity contribution is 6.34. The predicted molar refractivity (Wildman–Crippen MR) is 71.8 cm³/mol. The van der Waals surface area contributed by atoms with Gasteiger partial charge in [-0.15, -0.1) is 0 Å². The molecule has 1 aliphatic carbocycles. The van der Waals surface area contributed by atoms with Crippen LogP contribution >= 0.6 is 11.6 Å². The van der Waals surface area contributed by atoms with Crippen LogP contribution in [-0.4, -0.2) is 24.7 Å². The molecule has 0 unspecified atom stereocenters. The van der Waals surface area contributed by atoms with Gasteiger partial charge in [0.1, 0.15) is 0 Å². The van der Waals surface area contributed by atoms with Crippen molar-refractivity contribution in [1.82, 2.24) is 5.32 Å². The van der Waals surface area contributed by atoms with Crippen LogP contribution < -0.4 is 11.1 Å². The summed E-state index contributed by atoms with van der Waals surface area (Å²) in [6.07, 6.45) is 2.00. The number of amides is 1. The van der Waals surface area contributed by atoms with E-state index in [1.807, 2.05) is 6.92 Å². The zero-order chi connectivity index (χ0) is 13.1. The lowest BCUT2D eigenvalue weighted by molar-refractivity contribution is -0.00862. The highest BCUT2D eigenvalue weighted by Gasteiger charge is 2.31. The van der Waals surface area contributed by atoms with Crippen LogP contribution in [0.2, 0.25) is 5.02 Å². The number of nitrogen functional groups attached to an aromatic ring is 1. The van der Waals surface area contributed by atoms with Crippen LogP contribution in [0.15, 0.2) is 18.2 Å². The fourth-order valence-corrected chi connectivity index (χ4v) is 2.24. The molecule has 3 N–H and O–H groups in total. The third kappa shape index (κ3) is 2.94. The number of hydrogen-bond donors (Lipinski definition) is 2. The molecule has 1 fully saturated rings. The average Bonchev–Trinajstić information content (AvgIpc) is 2.29. The molecule has 2 rings (SSSR count). The normalized spacial score (nSPS) is 22.3. The number of ether oxygens (including phenoxy) is 1. The zero-order valence-electron chi connectivity index (χ0n) is 10.3. The van der Waals surface area contributed by atoms with E-state index in [0.29, 0.717) is 22.9 Å². The molecule has 1 aliphatic rings. The lowest BCUT2D eigenvalue weighted by Crippen LogP contribution is -2.47. The molecular weight excluding hydrogens is 252 g/mol. The first-order chi connectivity index (χ1) is 8.60. The molecule has 18 heavy (non-hydrogen) atoms. The van der Waals surface area contributed by atoms with E-state index in [9.17, 15) is 4.79 Å². The minimum absolute atomic E-state index is 0.173. The van der Waals surface area contributed by atoms with Gasteiger partial charge in [-0.2, -0.15) is 0 Å². The average molecular weight is 269 g/mol. The van der Waals surface area contributed by atoms with Crippen LogP contribution in [0, 0.1) is 0 Å². The van der Waals surface area contributed by atoms with Crippen LogP contribution in [0.3, 0.4) is 0 Å². The van der Waals surface area contributed by atoms with Gasteiger partial charge in [0.25, 0.3) is 5.91 Å². The Morgan fingerprint density at radius 1 is 1.56 bits per heavy atom. The largest absolute Gasteiger partial charge is 0.399 e. The Hall–Kier alpha value is -1.26. The first-order valence-electron chi connectivity index (χ1n) is 6.07. The minimum atomic E-state index is -0.174. The Morgan fingerprint density at radius 3 is 2.94 bits per heavy atom. The monoisotopic (exact) mass is 268 g/mol. The molecule has 0 bridgehead atoms. The van der Waals surface area contributed by atoms with Gasteiger partial charge < -0.3 is 15.8 Å². The summed E-state index contributed by atoms with van der Waals surface area (Å²) in [6.45, 7) is 2.69. The van der Waals surface area contributed by atoms with Crippen molar-refractivity contribution in [3.05, 3.63) is 28.8 Å². The minimum Gasteiger partial charge on any atom is -0.399 e. The van der Waals surface area contributed by atoms with E-state index in [2.05, 4.69) is 5.32 Å². The van der Waals surface area contributed by atoms with Crippen molar-refractivity contribution in [3.8, 4) is 0 Å². The van der Waals surface area contributed by atoms with Crippen LogP contribution in [0.1, 0.15) is 30.1 Å². The summed E-state index contributed by atoms with van der Waals surface area (Å²) >= 11 is 5.97. The lowest BCUT2D eigenvalue weighted by atomic mass is 9.89. The topological polar surface area (TPSA) is 64.3 Å². The molecule has 0 aliphatic heterocycles. The molecule has 1 saturated carbocycles. The van der Waals surface area contributed by atoms with Gasteiger partial charge in [-0.1, -0.05) is 11.6 Å². The summed E-state index contributed by atoms with van der Waals surface area (Å²) in [5, 5.41) is 3.35. The second-order valence-electron chi connectivity index (χ2n) is 4.46. The molecular formula is C13H17ClN2O2. The second-order valence-corrected chi connectivity index (χ2v) is 4.87. The maximum absolute atomic E-state index is 12.0. The highest BCUT2D eigenvalue weighted by Crippen LogP contribution is 2.25. The molecule has 1 aromatic carbocycles. The molecule has 98 valence electrons. The standard InChI is InChI=1S/C13H17ClN2O2/c1-2-18-10-6-9(7-10)16-13(17)11-5-8(15)3-4-12(11)14/h3-5,9-10H,2,6-7,15H2,1H3,(H,16,17). The first-order valence-corrected chi connectivity index (χ1v) is 6.45. The number of rotatable bonds is 4. The van der Waals surface area contributed by atoms with Crippen molar-refractivity contribution in [1.29, 1.82) is 0 Å². The van der Waals surface area contributed by atoms with Crippen molar-refractivity contribution in [3.63, 3.8) is 0 Å². The lowest BCUT2D eigenvalue weighted by Gasteiger charge is -2.35.